The Morgan fingerprint density at radius 3 is 2.67 bits per heavy atom. The molecule has 68 valence electrons. The van der Waals surface area contributed by atoms with E-state index in [0.717, 1.165) is 0 Å². The first-order valence-corrected chi connectivity index (χ1v) is 3.99. The lowest BCUT2D eigenvalue weighted by atomic mass is 10.3. The largest absolute Gasteiger partial charge is 0.480 e. The molecule has 1 rings (SSSR count). The minimum Gasteiger partial charge on any atom is -0.480 e. The highest BCUT2D eigenvalue weighted by molar-refractivity contribution is 6.38. The van der Waals surface area contributed by atoms with Crippen molar-refractivity contribution in [1.29, 1.82) is 0 Å². The summed E-state index contributed by atoms with van der Waals surface area (Å²) < 4.78 is 4.62. The quantitative estimate of drug-likeness (QED) is 0.526. The number of aliphatic carboxylic acids is 1. The first kappa shape index (κ1) is 9.32. The molecule has 0 aliphatic heterocycles. The maximum atomic E-state index is 11.0. The predicted octanol–water partition coefficient (Wildman–Crippen LogP) is 0.632. The zero-order valence-electron chi connectivity index (χ0n) is 6.54. The molecule has 0 bridgehead atoms. The molecule has 12 heavy (non-hydrogen) atoms. The molecule has 0 spiro atoms. The third-order valence-corrected chi connectivity index (χ3v) is 2.40. The van der Waals surface area contributed by atoms with E-state index in [4.69, 9.17) is 16.7 Å². The lowest BCUT2D eigenvalue weighted by molar-refractivity contribution is -0.147. The molecule has 1 N–H and O–H groups in total. The lowest BCUT2D eigenvalue weighted by Gasteiger charge is -2.02. The number of hydrogen-bond donors (Lipinski definition) is 1. The fourth-order valence-corrected chi connectivity index (χ4v) is 1.23. The van der Waals surface area contributed by atoms with Crippen LogP contribution in [-0.4, -0.2) is 28.5 Å². The highest BCUT2D eigenvalue weighted by Gasteiger charge is 2.64. The van der Waals surface area contributed by atoms with Gasteiger partial charge in [0.25, 0.3) is 0 Å². The van der Waals surface area contributed by atoms with Gasteiger partial charge in [0.05, 0.1) is 12.5 Å². The number of carbonyl (C=O) groups is 2. The summed E-state index contributed by atoms with van der Waals surface area (Å²) in [5, 5.41) is 8.56. The van der Waals surface area contributed by atoms with Crippen LogP contribution in [0.4, 0.5) is 0 Å². The minimum atomic E-state index is -1.40. The van der Waals surface area contributed by atoms with Gasteiger partial charge in [0.1, 0.15) is 0 Å². The maximum absolute atomic E-state index is 11.0. The molecular weight excluding hydrogens is 184 g/mol. The topological polar surface area (TPSA) is 63.6 Å². The second-order valence-corrected chi connectivity index (χ2v) is 3.35. The molecule has 1 aliphatic carbocycles. The van der Waals surface area contributed by atoms with Crippen molar-refractivity contribution in [3.05, 3.63) is 0 Å². The number of esters is 1. The van der Waals surface area contributed by atoms with Gasteiger partial charge in [0.2, 0.25) is 0 Å². The average Bonchev–Trinajstić information content (AvgIpc) is 2.65. The fourth-order valence-electron chi connectivity index (χ4n) is 0.987. The zero-order chi connectivity index (χ0) is 9.35. The van der Waals surface area contributed by atoms with Gasteiger partial charge in [-0.1, -0.05) is 0 Å². The van der Waals surface area contributed by atoms with Crippen molar-refractivity contribution < 1.29 is 19.4 Å². The summed E-state index contributed by atoms with van der Waals surface area (Å²) >= 11 is 5.58. The van der Waals surface area contributed by atoms with E-state index in [0.29, 0.717) is 0 Å². The molecule has 0 amide bonds. The SMILES string of the molecule is CCOC(=O)[C@H]1C[C@]1(Cl)C(=O)O. The molecular formula is C7H9ClO4. The number of alkyl halides is 1. The highest BCUT2D eigenvalue weighted by atomic mass is 35.5. The van der Waals surface area contributed by atoms with E-state index in [1.165, 1.54) is 0 Å². The first-order valence-electron chi connectivity index (χ1n) is 3.61. The Morgan fingerprint density at radius 1 is 1.75 bits per heavy atom. The molecule has 0 aromatic rings. The summed E-state index contributed by atoms with van der Waals surface area (Å²) in [6, 6.07) is 0. The smallest absolute Gasteiger partial charge is 0.325 e. The van der Waals surface area contributed by atoms with Crippen LogP contribution in [0.25, 0.3) is 0 Å². The summed E-state index contributed by atoms with van der Waals surface area (Å²) in [6.07, 6.45) is 0.169. The van der Waals surface area contributed by atoms with Crippen LogP contribution in [0.5, 0.6) is 0 Å². The maximum Gasteiger partial charge on any atom is 0.325 e. The molecule has 0 radical (unpaired) electrons. The van der Waals surface area contributed by atoms with Gasteiger partial charge in [-0.25, -0.2) is 0 Å². The van der Waals surface area contributed by atoms with Gasteiger partial charge in [-0.2, -0.15) is 0 Å². The van der Waals surface area contributed by atoms with E-state index >= 15 is 0 Å². The normalized spacial score (nSPS) is 32.7. The highest BCUT2D eigenvalue weighted by Crippen LogP contribution is 2.50. The first-order chi connectivity index (χ1) is 5.52. The third kappa shape index (κ3) is 1.39. The van der Waals surface area contributed by atoms with Crippen LogP contribution >= 0.6 is 11.6 Å². The van der Waals surface area contributed by atoms with Gasteiger partial charge >= 0.3 is 11.9 Å². The summed E-state index contributed by atoms with van der Waals surface area (Å²) in [5.74, 6) is -2.34. The Kier molecular flexibility index (Phi) is 2.28. The summed E-state index contributed by atoms with van der Waals surface area (Å²) in [4.78, 5) is 20.0. The Balaban J connectivity index is 2.51. The molecule has 0 unspecified atom stereocenters. The Morgan fingerprint density at radius 2 is 2.33 bits per heavy atom. The monoisotopic (exact) mass is 192 g/mol. The molecule has 4 nitrogen and oxygen atoms in total. The molecule has 0 heterocycles. The van der Waals surface area contributed by atoms with E-state index in [9.17, 15) is 9.59 Å². The molecule has 1 aliphatic rings. The van der Waals surface area contributed by atoms with Gasteiger partial charge in [-0.15, -0.1) is 11.6 Å². The van der Waals surface area contributed by atoms with Gasteiger partial charge in [-0.3, -0.25) is 9.59 Å². The van der Waals surface area contributed by atoms with Gasteiger partial charge < -0.3 is 9.84 Å². The molecule has 0 saturated heterocycles. The fraction of sp³-hybridized carbons (Fsp3) is 0.714. The number of carboxylic acids is 1. The van der Waals surface area contributed by atoms with Crippen LogP contribution < -0.4 is 0 Å². The Bertz CT molecular complexity index is 227. The number of carboxylic acid groups (broad SMARTS) is 1. The van der Waals surface area contributed by atoms with E-state index < -0.39 is 22.7 Å². The Labute approximate surface area is 74.5 Å². The third-order valence-electron chi connectivity index (χ3n) is 1.82. The van der Waals surface area contributed by atoms with Crippen LogP contribution in [0.3, 0.4) is 0 Å². The molecule has 0 aromatic heterocycles. The number of halogens is 1. The zero-order valence-corrected chi connectivity index (χ0v) is 7.30. The second-order valence-electron chi connectivity index (χ2n) is 2.68. The lowest BCUT2D eigenvalue weighted by Crippen LogP contribution is -2.22. The molecule has 2 atom stereocenters. The molecule has 1 fully saturated rings. The standard InChI is InChI=1S/C7H9ClO4/c1-2-12-5(9)4-3-7(4,8)6(10)11/h4H,2-3H2,1H3,(H,10,11)/t4-,7-/m1/s1. The van der Waals surface area contributed by atoms with Crippen molar-refractivity contribution in [2.24, 2.45) is 5.92 Å². The van der Waals surface area contributed by atoms with Crippen LogP contribution in [0.15, 0.2) is 0 Å². The van der Waals surface area contributed by atoms with Crippen molar-refractivity contribution in [3.63, 3.8) is 0 Å². The molecule has 5 heteroatoms. The van der Waals surface area contributed by atoms with Gasteiger partial charge in [0, 0.05) is 0 Å². The molecule has 1 saturated carbocycles. The predicted molar refractivity (Wildman–Crippen MR) is 41.0 cm³/mol. The van der Waals surface area contributed by atoms with E-state index in [1.807, 2.05) is 0 Å². The minimum absolute atomic E-state index is 0.169. The van der Waals surface area contributed by atoms with Crippen molar-refractivity contribution in [3.8, 4) is 0 Å². The van der Waals surface area contributed by atoms with Gasteiger partial charge in [0.15, 0.2) is 4.87 Å². The number of carbonyl (C=O) groups excluding carboxylic acids is 1. The van der Waals surface area contributed by atoms with E-state index in [1.54, 1.807) is 6.92 Å². The van der Waals surface area contributed by atoms with E-state index in [2.05, 4.69) is 4.74 Å². The van der Waals surface area contributed by atoms with Gasteiger partial charge in [-0.05, 0) is 13.3 Å². The molecule has 0 aromatic carbocycles. The van der Waals surface area contributed by atoms with Crippen molar-refractivity contribution in [2.45, 2.75) is 18.2 Å². The van der Waals surface area contributed by atoms with Crippen LogP contribution in [0.1, 0.15) is 13.3 Å². The Hall–Kier alpha value is -0.770. The number of ether oxygens (including phenoxy) is 1. The number of rotatable bonds is 3. The van der Waals surface area contributed by atoms with Crippen LogP contribution in [0.2, 0.25) is 0 Å². The second kappa shape index (κ2) is 2.94. The van der Waals surface area contributed by atoms with Crippen molar-refractivity contribution >= 4 is 23.5 Å². The van der Waals surface area contributed by atoms with Crippen molar-refractivity contribution in [1.82, 2.24) is 0 Å². The average molecular weight is 193 g/mol. The summed E-state index contributed by atoms with van der Waals surface area (Å²) in [6.45, 7) is 1.92. The van der Waals surface area contributed by atoms with Crippen LogP contribution in [0, 0.1) is 5.92 Å². The van der Waals surface area contributed by atoms with Crippen LogP contribution in [-0.2, 0) is 14.3 Å². The van der Waals surface area contributed by atoms with Crippen molar-refractivity contribution in [2.75, 3.05) is 6.61 Å². The summed E-state index contributed by atoms with van der Waals surface area (Å²) in [5.41, 5.74) is 0. The summed E-state index contributed by atoms with van der Waals surface area (Å²) in [7, 11) is 0. The number of hydrogen-bond acceptors (Lipinski definition) is 3. The van der Waals surface area contributed by atoms with E-state index in [-0.39, 0.29) is 13.0 Å².